The van der Waals surface area contributed by atoms with Crippen molar-refractivity contribution in [2.24, 2.45) is 0 Å². The molecule has 1 nitrogen and oxygen atoms in total. The number of alkyl halides is 1. The Morgan fingerprint density at radius 3 is 2.90 bits per heavy atom. The van der Waals surface area contributed by atoms with Crippen LogP contribution in [-0.2, 0) is 5.88 Å². The Kier molecular flexibility index (Phi) is 1.46. The van der Waals surface area contributed by atoms with Gasteiger partial charge in [0.1, 0.15) is 0 Å². The van der Waals surface area contributed by atoms with Crippen molar-refractivity contribution in [3.05, 3.63) is 23.5 Å². The standard InChI is InChI=1S/C8H10ClN/c9-4-6-3-8(10-5-6)7-1-2-7/h3,5,7,10H,1-2,4H2. The predicted octanol–water partition coefficient (Wildman–Crippen LogP) is 2.63. The van der Waals surface area contributed by atoms with E-state index in [9.17, 15) is 0 Å². The van der Waals surface area contributed by atoms with Crippen LogP contribution < -0.4 is 0 Å². The first-order valence-electron chi connectivity index (χ1n) is 3.63. The lowest BCUT2D eigenvalue weighted by Crippen LogP contribution is -1.73. The molecule has 1 N–H and O–H groups in total. The molecule has 0 spiro atoms. The molecular formula is C8H10ClN. The van der Waals surface area contributed by atoms with Gasteiger partial charge in [-0.3, -0.25) is 0 Å². The third-order valence-electron chi connectivity index (χ3n) is 1.94. The average molecular weight is 156 g/mol. The molecule has 0 radical (unpaired) electrons. The molecule has 0 amide bonds. The van der Waals surface area contributed by atoms with Crippen LogP contribution in [-0.4, -0.2) is 4.98 Å². The molecule has 0 saturated heterocycles. The first kappa shape index (κ1) is 6.29. The van der Waals surface area contributed by atoms with Crippen LogP contribution in [0.4, 0.5) is 0 Å². The van der Waals surface area contributed by atoms with E-state index >= 15 is 0 Å². The van der Waals surface area contributed by atoms with E-state index in [4.69, 9.17) is 11.6 Å². The van der Waals surface area contributed by atoms with E-state index in [0.717, 1.165) is 5.92 Å². The van der Waals surface area contributed by atoms with E-state index < -0.39 is 0 Å². The summed E-state index contributed by atoms with van der Waals surface area (Å²) in [4.78, 5) is 3.23. The van der Waals surface area contributed by atoms with Crippen LogP contribution in [0.5, 0.6) is 0 Å². The molecule has 1 aliphatic rings. The van der Waals surface area contributed by atoms with Crippen molar-refractivity contribution >= 4 is 11.6 Å². The second-order valence-electron chi connectivity index (χ2n) is 2.87. The summed E-state index contributed by atoms with van der Waals surface area (Å²) >= 11 is 5.65. The maximum absolute atomic E-state index is 5.65. The van der Waals surface area contributed by atoms with Gasteiger partial charge in [-0.1, -0.05) is 0 Å². The molecule has 1 aromatic rings. The summed E-state index contributed by atoms with van der Waals surface area (Å²) < 4.78 is 0. The van der Waals surface area contributed by atoms with Crippen molar-refractivity contribution < 1.29 is 0 Å². The summed E-state index contributed by atoms with van der Waals surface area (Å²) in [5, 5.41) is 0. The van der Waals surface area contributed by atoms with Gasteiger partial charge in [-0.15, -0.1) is 11.6 Å². The summed E-state index contributed by atoms with van der Waals surface area (Å²) in [5.41, 5.74) is 2.58. The van der Waals surface area contributed by atoms with Gasteiger partial charge >= 0.3 is 0 Å². The topological polar surface area (TPSA) is 15.8 Å². The lowest BCUT2D eigenvalue weighted by Gasteiger charge is -1.86. The van der Waals surface area contributed by atoms with E-state index in [0.29, 0.717) is 5.88 Å². The lowest BCUT2D eigenvalue weighted by atomic mass is 10.3. The van der Waals surface area contributed by atoms with Crippen molar-refractivity contribution in [2.45, 2.75) is 24.6 Å². The minimum absolute atomic E-state index is 0.628. The number of hydrogen-bond acceptors (Lipinski definition) is 0. The Morgan fingerprint density at radius 2 is 2.40 bits per heavy atom. The molecule has 1 aliphatic carbocycles. The number of aromatic nitrogens is 1. The average Bonchev–Trinajstić information content (AvgIpc) is 2.70. The van der Waals surface area contributed by atoms with Crippen LogP contribution in [0.1, 0.15) is 30.0 Å². The number of rotatable bonds is 2. The second-order valence-corrected chi connectivity index (χ2v) is 3.14. The monoisotopic (exact) mass is 155 g/mol. The van der Waals surface area contributed by atoms with Crippen molar-refractivity contribution in [3.63, 3.8) is 0 Å². The summed E-state index contributed by atoms with van der Waals surface area (Å²) in [6, 6.07) is 2.17. The summed E-state index contributed by atoms with van der Waals surface area (Å²) in [5.74, 6) is 1.44. The van der Waals surface area contributed by atoms with Gasteiger partial charge in [0.25, 0.3) is 0 Å². The molecule has 0 bridgehead atoms. The van der Waals surface area contributed by atoms with Gasteiger partial charge in [-0.05, 0) is 30.4 Å². The largest absolute Gasteiger partial charge is 0.364 e. The molecule has 2 heteroatoms. The highest BCUT2D eigenvalue weighted by Crippen LogP contribution is 2.39. The molecule has 2 rings (SSSR count). The maximum Gasteiger partial charge on any atom is 0.0489 e. The van der Waals surface area contributed by atoms with Crippen molar-refractivity contribution in [3.8, 4) is 0 Å². The van der Waals surface area contributed by atoms with Gasteiger partial charge in [-0.2, -0.15) is 0 Å². The zero-order valence-electron chi connectivity index (χ0n) is 5.73. The fourth-order valence-corrected chi connectivity index (χ4v) is 1.32. The number of halogens is 1. The Morgan fingerprint density at radius 1 is 1.60 bits per heavy atom. The van der Waals surface area contributed by atoms with Gasteiger partial charge in [-0.25, -0.2) is 0 Å². The van der Waals surface area contributed by atoms with Gasteiger partial charge in [0.05, 0.1) is 0 Å². The van der Waals surface area contributed by atoms with E-state index in [1.54, 1.807) is 0 Å². The van der Waals surface area contributed by atoms with Gasteiger partial charge in [0.2, 0.25) is 0 Å². The quantitative estimate of drug-likeness (QED) is 0.632. The van der Waals surface area contributed by atoms with Gasteiger partial charge in [0, 0.05) is 17.8 Å². The van der Waals surface area contributed by atoms with Crippen LogP contribution in [0.15, 0.2) is 12.3 Å². The third-order valence-corrected chi connectivity index (χ3v) is 2.25. The highest BCUT2D eigenvalue weighted by atomic mass is 35.5. The molecule has 0 aromatic carbocycles. The van der Waals surface area contributed by atoms with Crippen LogP contribution in [0.25, 0.3) is 0 Å². The number of hydrogen-bond donors (Lipinski definition) is 1. The SMILES string of the molecule is ClCc1c[nH]c(C2CC2)c1. The molecule has 54 valence electrons. The number of H-pyrrole nitrogens is 1. The van der Waals surface area contributed by atoms with Gasteiger partial charge in [0.15, 0.2) is 0 Å². The van der Waals surface area contributed by atoms with Crippen molar-refractivity contribution in [1.82, 2.24) is 4.98 Å². The highest BCUT2D eigenvalue weighted by Gasteiger charge is 2.24. The summed E-state index contributed by atoms with van der Waals surface area (Å²) in [6.07, 6.45) is 4.70. The molecule has 0 aliphatic heterocycles. The zero-order valence-corrected chi connectivity index (χ0v) is 6.49. The molecule has 1 fully saturated rings. The Labute approximate surface area is 65.4 Å². The fraction of sp³-hybridized carbons (Fsp3) is 0.500. The van der Waals surface area contributed by atoms with E-state index in [1.807, 2.05) is 6.20 Å². The van der Waals surface area contributed by atoms with Crippen LogP contribution >= 0.6 is 11.6 Å². The Balaban J connectivity index is 2.19. The zero-order chi connectivity index (χ0) is 6.97. The Bertz CT molecular complexity index is 225. The van der Waals surface area contributed by atoms with E-state index in [2.05, 4.69) is 11.1 Å². The molecule has 1 heterocycles. The van der Waals surface area contributed by atoms with Crippen molar-refractivity contribution in [2.75, 3.05) is 0 Å². The van der Waals surface area contributed by atoms with Crippen LogP contribution in [0, 0.1) is 0 Å². The molecule has 1 saturated carbocycles. The van der Waals surface area contributed by atoms with E-state index in [1.165, 1.54) is 24.1 Å². The van der Waals surface area contributed by atoms with Gasteiger partial charge < -0.3 is 4.98 Å². The smallest absolute Gasteiger partial charge is 0.0489 e. The van der Waals surface area contributed by atoms with Crippen molar-refractivity contribution in [1.29, 1.82) is 0 Å². The third kappa shape index (κ3) is 1.06. The molecule has 0 atom stereocenters. The second kappa shape index (κ2) is 2.31. The van der Waals surface area contributed by atoms with E-state index in [-0.39, 0.29) is 0 Å². The van der Waals surface area contributed by atoms with Crippen LogP contribution in [0.2, 0.25) is 0 Å². The molecular weight excluding hydrogens is 146 g/mol. The first-order chi connectivity index (χ1) is 4.90. The fourth-order valence-electron chi connectivity index (χ4n) is 1.17. The molecule has 1 aromatic heterocycles. The first-order valence-corrected chi connectivity index (χ1v) is 4.17. The summed E-state index contributed by atoms with van der Waals surface area (Å²) in [7, 11) is 0. The minimum Gasteiger partial charge on any atom is -0.364 e. The lowest BCUT2D eigenvalue weighted by molar-refractivity contribution is 1.05. The normalized spacial score (nSPS) is 17.7. The Hall–Kier alpha value is -0.430. The highest BCUT2D eigenvalue weighted by molar-refractivity contribution is 6.17. The molecule has 0 unspecified atom stereocenters. The summed E-state index contributed by atoms with van der Waals surface area (Å²) in [6.45, 7) is 0. The predicted molar refractivity (Wildman–Crippen MR) is 42.3 cm³/mol. The minimum atomic E-state index is 0.628. The maximum atomic E-state index is 5.65. The molecule has 10 heavy (non-hydrogen) atoms. The number of aromatic amines is 1. The van der Waals surface area contributed by atoms with Crippen LogP contribution in [0.3, 0.4) is 0 Å². The number of nitrogens with one attached hydrogen (secondary N) is 1.